The summed E-state index contributed by atoms with van der Waals surface area (Å²) in [7, 11) is 0. The molecule has 0 aliphatic carbocycles. The first kappa shape index (κ1) is 21.7. The number of nitrogens with one attached hydrogen (secondary N) is 1. The Morgan fingerprint density at radius 2 is 1.79 bits per heavy atom. The Hall–Kier alpha value is -4.11. The minimum absolute atomic E-state index is 0.140. The Kier molecular flexibility index (Phi) is 5.54. The van der Waals surface area contributed by atoms with Crippen LogP contribution in [-0.4, -0.2) is 25.6 Å². The first-order chi connectivity index (χ1) is 16.4. The van der Waals surface area contributed by atoms with E-state index in [0.717, 1.165) is 16.7 Å². The number of carbonyl (C=O) groups is 1. The van der Waals surface area contributed by atoms with Crippen LogP contribution in [0.25, 0.3) is 32.4 Å². The molecule has 0 bridgehead atoms. The van der Waals surface area contributed by atoms with Crippen LogP contribution in [0.15, 0.2) is 64.2 Å². The maximum atomic E-state index is 13.2. The molecular weight excluding hydrogens is 450 g/mol. The minimum Gasteiger partial charge on any atom is -0.333 e. The van der Waals surface area contributed by atoms with Crippen LogP contribution in [0.5, 0.6) is 0 Å². The van der Waals surface area contributed by atoms with Crippen molar-refractivity contribution in [2.24, 2.45) is 0 Å². The lowest BCUT2D eigenvalue weighted by molar-refractivity contribution is -0.116. The quantitative estimate of drug-likeness (QED) is 0.397. The maximum Gasteiger partial charge on any atom is 0.268 e. The van der Waals surface area contributed by atoms with Crippen LogP contribution in [0.3, 0.4) is 0 Å². The summed E-state index contributed by atoms with van der Waals surface area (Å²) in [6, 6.07) is 15.3. The molecule has 8 nitrogen and oxygen atoms in total. The average molecular weight is 472 g/mol. The van der Waals surface area contributed by atoms with Crippen LogP contribution in [0, 0.1) is 20.8 Å². The summed E-state index contributed by atoms with van der Waals surface area (Å²) in [6.45, 7) is 5.58. The second-order valence-corrected chi connectivity index (χ2v) is 9.01. The van der Waals surface area contributed by atoms with Crippen molar-refractivity contribution in [3.63, 3.8) is 0 Å². The van der Waals surface area contributed by atoms with E-state index in [1.807, 2.05) is 69.3 Å². The van der Waals surface area contributed by atoms with Crippen LogP contribution >= 0.6 is 11.3 Å². The first-order valence-electron chi connectivity index (χ1n) is 10.7. The van der Waals surface area contributed by atoms with Crippen molar-refractivity contribution < 1.29 is 9.32 Å². The number of hydrogen-bond acceptors (Lipinski definition) is 7. The lowest BCUT2D eigenvalue weighted by Gasteiger charge is -2.09. The Morgan fingerprint density at radius 1 is 1.06 bits per heavy atom. The van der Waals surface area contributed by atoms with Crippen LogP contribution in [0.2, 0.25) is 0 Å². The van der Waals surface area contributed by atoms with Gasteiger partial charge in [-0.3, -0.25) is 14.2 Å². The van der Waals surface area contributed by atoms with Gasteiger partial charge in [-0.25, -0.2) is 4.98 Å². The number of rotatable bonds is 5. The summed E-state index contributed by atoms with van der Waals surface area (Å²) in [6.07, 6.45) is 1.40. The molecule has 0 fully saturated rings. The molecule has 3 heterocycles. The van der Waals surface area contributed by atoms with Gasteiger partial charge in [-0.2, -0.15) is 4.98 Å². The van der Waals surface area contributed by atoms with Gasteiger partial charge < -0.3 is 9.84 Å². The van der Waals surface area contributed by atoms with E-state index in [0.29, 0.717) is 38.1 Å². The molecule has 0 atom stereocenters. The van der Waals surface area contributed by atoms with E-state index >= 15 is 0 Å². The first-order valence-corrected chi connectivity index (χ1v) is 11.5. The van der Waals surface area contributed by atoms with Gasteiger partial charge in [-0.15, -0.1) is 11.3 Å². The predicted molar refractivity (Wildman–Crippen MR) is 132 cm³/mol. The number of amides is 1. The molecular formula is C25H21N5O3S. The third-order valence-electron chi connectivity index (χ3n) is 5.66. The number of fused-ring (bicyclic) bond motifs is 1. The fourth-order valence-corrected chi connectivity index (χ4v) is 4.84. The second-order valence-electron chi connectivity index (χ2n) is 8.02. The summed E-state index contributed by atoms with van der Waals surface area (Å²) in [5.74, 6) is 0.524. The lowest BCUT2D eigenvalue weighted by atomic mass is 10.1. The highest BCUT2D eigenvalue weighted by atomic mass is 32.1. The monoisotopic (exact) mass is 471 g/mol. The summed E-state index contributed by atoms with van der Waals surface area (Å²) in [4.78, 5) is 36.0. The van der Waals surface area contributed by atoms with Crippen molar-refractivity contribution >= 4 is 33.1 Å². The van der Waals surface area contributed by atoms with Crippen LogP contribution in [0.4, 0.5) is 5.69 Å². The standard InChI is InChI=1S/C25H21N5O3S/c1-14-8-4-6-10-17(14)22-28-23(33-29-22)21-16(3)20-24(34-21)26-13-30(25(20)32)12-19(31)27-18-11-7-5-9-15(18)2/h4-11,13H,12H2,1-3H3,(H,27,31). The van der Waals surface area contributed by atoms with E-state index in [4.69, 9.17) is 4.52 Å². The molecule has 5 aromatic rings. The summed E-state index contributed by atoms with van der Waals surface area (Å²) in [5.41, 5.74) is 3.99. The molecule has 0 saturated carbocycles. The number of hydrogen-bond donors (Lipinski definition) is 1. The highest BCUT2D eigenvalue weighted by Gasteiger charge is 2.21. The largest absolute Gasteiger partial charge is 0.333 e. The van der Waals surface area contributed by atoms with Crippen LogP contribution in [0.1, 0.15) is 16.7 Å². The van der Waals surface area contributed by atoms with Gasteiger partial charge in [0, 0.05) is 11.3 Å². The summed E-state index contributed by atoms with van der Waals surface area (Å²) >= 11 is 1.31. The van der Waals surface area contributed by atoms with Gasteiger partial charge in [0.2, 0.25) is 11.7 Å². The van der Waals surface area contributed by atoms with E-state index in [-0.39, 0.29) is 18.0 Å². The van der Waals surface area contributed by atoms with Gasteiger partial charge in [-0.05, 0) is 43.5 Å². The number of para-hydroxylation sites is 1. The third-order valence-corrected chi connectivity index (χ3v) is 6.84. The number of carbonyl (C=O) groups excluding carboxylic acids is 1. The zero-order valence-corrected chi connectivity index (χ0v) is 19.6. The van der Waals surface area contributed by atoms with Crippen molar-refractivity contribution in [2.45, 2.75) is 27.3 Å². The smallest absolute Gasteiger partial charge is 0.268 e. The Balaban J connectivity index is 1.46. The number of nitrogens with zero attached hydrogens (tertiary/aromatic N) is 4. The topological polar surface area (TPSA) is 103 Å². The number of aromatic nitrogens is 4. The summed E-state index contributed by atoms with van der Waals surface area (Å²) in [5, 5.41) is 7.42. The predicted octanol–water partition coefficient (Wildman–Crippen LogP) is 4.74. The maximum absolute atomic E-state index is 13.2. The number of benzene rings is 2. The highest BCUT2D eigenvalue weighted by molar-refractivity contribution is 7.22. The SMILES string of the molecule is Cc1ccccc1NC(=O)Cn1cnc2sc(-c3nc(-c4ccccc4C)no3)c(C)c2c1=O. The van der Waals surface area contributed by atoms with Crippen molar-refractivity contribution in [3.8, 4) is 22.2 Å². The number of aryl methyl sites for hydroxylation is 3. The number of thiophene rings is 1. The van der Waals surface area contributed by atoms with E-state index in [2.05, 4.69) is 20.4 Å². The molecule has 34 heavy (non-hydrogen) atoms. The highest BCUT2D eigenvalue weighted by Crippen LogP contribution is 2.35. The van der Waals surface area contributed by atoms with Gasteiger partial charge in [0.1, 0.15) is 11.4 Å². The molecule has 0 unspecified atom stereocenters. The van der Waals surface area contributed by atoms with Crippen LogP contribution < -0.4 is 10.9 Å². The lowest BCUT2D eigenvalue weighted by Crippen LogP contribution is -2.28. The van der Waals surface area contributed by atoms with E-state index in [9.17, 15) is 9.59 Å². The zero-order chi connectivity index (χ0) is 23.8. The Morgan fingerprint density at radius 3 is 2.56 bits per heavy atom. The molecule has 0 radical (unpaired) electrons. The molecule has 2 aromatic carbocycles. The molecule has 3 aromatic heterocycles. The van der Waals surface area contributed by atoms with Crippen molar-refractivity contribution in [1.82, 2.24) is 19.7 Å². The molecule has 0 aliphatic heterocycles. The molecule has 0 spiro atoms. The number of anilines is 1. The Labute approximate surface area is 198 Å². The average Bonchev–Trinajstić information content (AvgIpc) is 3.43. The normalized spacial score (nSPS) is 11.1. The van der Waals surface area contributed by atoms with Gasteiger partial charge >= 0.3 is 0 Å². The fourth-order valence-electron chi connectivity index (χ4n) is 3.78. The summed E-state index contributed by atoms with van der Waals surface area (Å²) < 4.78 is 6.84. The Bertz CT molecular complexity index is 1600. The second kappa shape index (κ2) is 8.68. The van der Waals surface area contributed by atoms with Crippen LogP contribution in [-0.2, 0) is 11.3 Å². The molecule has 0 aliphatic rings. The molecule has 170 valence electrons. The minimum atomic E-state index is -0.301. The van der Waals surface area contributed by atoms with Crippen molar-refractivity contribution in [1.29, 1.82) is 0 Å². The zero-order valence-electron chi connectivity index (χ0n) is 18.8. The van der Waals surface area contributed by atoms with Gasteiger partial charge in [-0.1, -0.05) is 47.6 Å². The van der Waals surface area contributed by atoms with E-state index < -0.39 is 0 Å². The van der Waals surface area contributed by atoms with Crippen molar-refractivity contribution in [2.75, 3.05) is 5.32 Å². The van der Waals surface area contributed by atoms with Gasteiger partial charge in [0.25, 0.3) is 11.4 Å². The van der Waals surface area contributed by atoms with E-state index in [1.54, 1.807) is 0 Å². The fraction of sp³-hybridized carbons (Fsp3) is 0.160. The molecule has 5 rings (SSSR count). The van der Waals surface area contributed by atoms with Crippen molar-refractivity contribution in [3.05, 3.63) is 81.9 Å². The molecule has 1 amide bonds. The third kappa shape index (κ3) is 3.90. The molecule has 1 N–H and O–H groups in total. The van der Waals surface area contributed by atoms with Gasteiger partial charge in [0.05, 0.1) is 16.6 Å². The molecule has 0 saturated heterocycles. The molecule has 9 heteroatoms. The van der Waals surface area contributed by atoms with Gasteiger partial charge in [0.15, 0.2) is 0 Å². The van der Waals surface area contributed by atoms with E-state index in [1.165, 1.54) is 22.2 Å².